The molecule has 0 spiro atoms. The Balaban J connectivity index is 2.42. The first-order valence-corrected chi connectivity index (χ1v) is 6.95. The van der Waals surface area contributed by atoms with Crippen LogP contribution in [-0.2, 0) is 5.92 Å². The maximum Gasteiger partial charge on any atom is 0.270 e. The van der Waals surface area contributed by atoms with Gasteiger partial charge in [0.25, 0.3) is 5.92 Å². The molecule has 0 bridgehead atoms. The monoisotopic (exact) mass is 267 g/mol. The Morgan fingerprint density at radius 1 is 1.11 bits per heavy atom. The van der Waals surface area contributed by atoms with Crippen molar-refractivity contribution in [3.8, 4) is 0 Å². The highest BCUT2D eigenvalue weighted by Gasteiger charge is 2.37. The molecule has 1 atom stereocenters. The molecule has 1 aliphatic heterocycles. The van der Waals surface area contributed by atoms with Crippen molar-refractivity contribution in [1.29, 1.82) is 0 Å². The van der Waals surface area contributed by atoms with E-state index in [1.54, 1.807) is 12.1 Å². The summed E-state index contributed by atoms with van der Waals surface area (Å²) in [6, 6.07) is 7.11. The number of hydrogen-bond acceptors (Lipinski definition) is 1. The Morgan fingerprint density at radius 2 is 1.74 bits per heavy atom. The predicted octanol–water partition coefficient (Wildman–Crippen LogP) is 4.73. The Hall–Kier alpha value is -0.960. The van der Waals surface area contributed by atoms with Gasteiger partial charge in [0.05, 0.1) is 0 Å². The fourth-order valence-corrected chi connectivity index (χ4v) is 3.08. The molecule has 1 aromatic carbocycles. The van der Waals surface area contributed by atoms with Crippen LogP contribution in [0.4, 0.5) is 8.78 Å². The van der Waals surface area contributed by atoms with Crippen LogP contribution in [0.15, 0.2) is 24.3 Å². The van der Waals surface area contributed by atoms with Gasteiger partial charge in [0.1, 0.15) is 0 Å². The van der Waals surface area contributed by atoms with Crippen LogP contribution in [0, 0.1) is 0 Å². The van der Waals surface area contributed by atoms with Crippen LogP contribution in [0.5, 0.6) is 0 Å². The minimum atomic E-state index is -2.78. The average molecular weight is 267 g/mol. The van der Waals surface area contributed by atoms with Crippen LogP contribution in [-0.4, -0.2) is 17.0 Å². The van der Waals surface area contributed by atoms with E-state index in [1.165, 1.54) is 0 Å². The third kappa shape index (κ3) is 2.97. The van der Waals surface area contributed by atoms with Gasteiger partial charge < -0.3 is 0 Å². The van der Waals surface area contributed by atoms with Crippen molar-refractivity contribution in [3.63, 3.8) is 0 Å². The normalized spacial score (nSPS) is 21.9. The van der Waals surface area contributed by atoms with Gasteiger partial charge in [-0.1, -0.05) is 24.3 Å². The molecule has 1 heterocycles. The van der Waals surface area contributed by atoms with Gasteiger partial charge in [-0.15, -0.1) is 0 Å². The molecule has 1 saturated heterocycles. The number of halogens is 2. The molecule has 1 nitrogen and oxygen atoms in total. The van der Waals surface area contributed by atoms with Crippen LogP contribution in [0.2, 0.25) is 0 Å². The average Bonchev–Trinajstić information content (AvgIpc) is 2.76. The molecule has 3 heteroatoms. The molecular weight excluding hydrogens is 244 g/mol. The van der Waals surface area contributed by atoms with Crippen LogP contribution in [0.3, 0.4) is 0 Å². The number of hydrogen-bond donors (Lipinski definition) is 0. The maximum atomic E-state index is 13.8. The number of rotatable bonds is 2. The molecule has 1 fully saturated rings. The molecule has 0 radical (unpaired) electrons. The van der Waals surface area contributed by atoms with Gasteiger partial charge in [-0.3, -0.25) is 4.90 Å². The standard InChI is InChI=1S/C16H23F2N/c1-15(2,3)19-11-7-10-14(19)12-8-5-6-9-13(12)16(4,17)18/h5-6,8-9,14H,7,10-11H2,1-4H3. The molecule has 1 aliphatic rings. The molecule has 0 N–H and O–H groups in total. The number of alkyl halides is 2. The largest absolute Gasteiger partial charge is 0.291 e. The van der Waals surface area contributed by atoms with Crippen molar-refractivity contribution in [3.05, 3.63) is 35.4 Å². The lowest BCUT2D eigenvalue weighted by atomic mass is 9.93. The van der Waals surface area contributed by atoms with E-state index in [2.05, 4.69) is 25.7 Å². The summed E-state index contributed by atoms with van der Waals surface area (Å²) in [4.78, 5) is 2.34. The molecule has 106 valence electrons. The molecule has 19 heavy (non-hydrogen) atoms. The smallest absolute Gasteiger partial charge is 0.270 e. The van der Waals surface area contributed by atoms with Gasteiger partial charge in [0.15, 0.2) is 0 Å². The lowest BCUT2D eigenvalue weighted by Crippen LogP contribution is -2.41. The molecule has 0 saturated carbocycles. The zero-order valence-electron chi connectivity index (χ0n) is 12.2. The fourth-order valence-electron chi connectivity index (χ4n) is 3.08. The minimum absolute atomic E-state index is 0.0112. The topological polar surface area (TPSA) is 3.24 Å². The lowest BCUT2D eigenvalue weighted by molar-refractivity contribution is 0.0140. The highest BCUT2D eigenvalue weighted by atomic mass is 19.3. The molecule has 0 aliphatic carbocycles. The first-order valence-electron chi connectivity index (χ1n) is 6.95. The second-order valence-electron chi connectivity index (χ2n) is 6.50. The highest BCUT2D eigenvalue weighted by molar-refractivity contribution is 5.34. The summed E-state index contributed by atoms with van der Waals surface area (Å²) < 4.78 is 27.5. The summed E-state index contributed by atoms with van der Waals surface area (Å²) in [5.74, 6) is -2.78. The maximum absolute atomic E-state index is 13.8. The van der Waals surface area contributed by atoms with E-state index in [1.807, 2.05) is 12.1 Å². The van der Waals surface area contributed by atoms with Crippen LogP contribution in [0.1, 0.15) is 57.7 Å². The third-order valence-corrected chi connectivity index (χ3v) is 3.91. The molecule has 2 rings (SSSR count). The van der Waals surface area contributed by atoms with E-state index in [0.717, 1.165) is 31.9 Å². The van der Waals surface area contributed by atoms with Crippen molar-refractivity contribution in [2.24, 2.45) is 0 Å². The molecular formula is C16H23F2N. The second-order valence-corrected chi connectivity index (χ2v) is 6.50. The van der Waals surface area contributed by atoms with E-state index in [4.69, 9.17) is 0 Å². The molecule has 1 unspecified atom stereocenters. The quantitative estimate of drug-likeness (QED) is 0.748. The predicted molar refractivity (Wildman–Crippen MR) is 74.4 cm³/mol. The lowest BCUT2D eigenvalue weighted by Gasteiger charge is -2.38. The van der Waals surface area contributed by atoms with Crippen LogP contribution >= 0.6 is 0 Å². The van der Waals surface area contributed by atoms with Crippen molar-refractivity contribution in [2.75, 3.05) is 6.54 Å². The number of likely N-dealkylation sites (tertiary alicyclic amines) is 1. The van der Waals surface area contributed by atoms with Gasteiger partial charge in [-0.25, -0.2) is 8.78 Å². The van der Waals surface area contributed by atoms with E-state index in [9.17, 15) is 8.78 Å². The van der Waals surface area contributed by atoms with Crippen LogP contribution in [0.25, 0.3) is 0 Å². The van der Waals surface area contributed by atoms with Gasteiger partial charge in [0, 0.05) is 24.1 Å². The molecule has 0 aromatic heterocycles. The Labute approximate surface area is 114 Å². The van der Waals surface area contributed by atoms with Gasteiger partial charge in [-0.05, 0) is 45.7 Å². The van der Waals surface area contributed by atoms with E-state index in [0.29, 0.717) is 0 Å². The second kappa shape index (κ2) is 4.86. The Morgan fingerprint density at radius 3 is 2.32 bits per heavy atom. The minimum Gasteiger partial charge on any atom is -0.291 e. The Kier molecular flexibility index (Phi) is 3.69. The zero-order chi connectivity index (χ0) is 14.3. The Bertz CT molecular complexity index is 443. The van der Waals surface area contributed by atoms with Gasteiger partial charge >= 0.3 is 0 Å². The van der Waals surface area contributed by atoms with E-state index in [-0.39, 0.29) is 17.1 Å². The summed E-state index contributed by atoms with van der Waals surface area (Å²) in [5, 5.41) is 0. The van der Waals surface area contributed by atoms with Crippen molar-refractivity contribution < 1.29 is 8.78 Å². The summed E-state index contributed by atoms with van der Waals surface area (Å²) in [6.07, 6.45) is 2.04. The summed E-state index contributed by atoms with van der Waals surface area (Å²) in [6.45, 7) is 8.42. The molecule has 0 amide bonds. The van der Waals surface area contributed by atoms with Gasteiger partial charge in [0.2, 0.25) is 0 Å². The third-order valence-electron chi connectivity index (χ3n) is 3.91. The van der Waals surface area contributed by atoms with E-state index < -0.39 is 5.92 Å². The molecule has 1 aromatic rings. The fraction of sp³-hybridized carbons (Fsp3) is 0.625. The SMILES string of the molecule is CC(F)(F)c1ccccc1C1CCCN1C(C)(C)C. The summed E-state index contributed by atoms with van der Waals surface area (Å²) in [5.41, 5.74) is 0.982. The van der Waals surface area contributed by atoms with Crippen molar-refractivity contribution in [1.82, 2.24) is 4.90 Å². The number of benzene rings is 1. The highest BCUT2D eigenvalue weighted by Crippen LogP contribution is 2.42. The van der Waals surface area contributed by atoms with Gasteiger partial charge in [-0.2, -0.15) is 0 Å². The zero-order valence-corrected chi connectivity index (χ0v) is 12.2. The van der Waals surface area contributed by atoms with Crippen molar-refractivity contribution in [2.45, 2.75) is 58.0 Å². The summed E-state index contributed by atoms with van der Waals surface area (Å²) >= 11 is 0. The summed E-state index contributed by atoms with van der Waals surface area (Å²) in [7, 11) is 0. The van der Waals surface area contributed by atoms with Crippen LogP contribution < -0.4 is 0 Å². The van der Waals surface area contributed by atoms with Crippen molar-refractivity contribution >= 4 is 0 Å². The first-order chi connectivity index (χ1) is 8.71. The van der Waals surface area contributed by atoms with E-state index >= 15 is 0 Å². The first kappa shape index (κ1) is 14.4. The number of nitrogens with zero attached hydrogens (tertiary/aromatic N) is 1.